The molecular formula is C24H23N3O3S2. The van der Waals surface area contributed by atoms with Crippen LogP contribution in [-0.2, 0) is 16.6 Å². The number of hydrogen-bond donors (Lipinski definition) is 1. The molecule has 0 aliphatic heterocycles. The number of sulfonamides is 1. The van der Waals surface area contributed by atoms with Crippen molar-refractivity contribution in [2.75, 3.05) is 11.8 Å². The van der Waals surface area contributed by atoms with Crippen LogP contribution in [0.1, 0.15) is 26.5 Å². The summed E-state index contributed by atoms with van der Waals surface area (Å²) in [6.07, 6.45) is 0. The van der Waals surface area contributed by atoms with Gasteiger partial charge in [0.2, 0.25) is 0 Å². The highest BCUT2D eigenvalue weighted by Crippen LogP contribution is 2.24. The Morgan fingerprint density at radius 2 is 1.72 bits per heavy atom. The number of rotatable bonds is 6. The molecule has 8 heteroatoms. The molecule has 3 aromatic carbocycles. The van der Waals surface area contributed by atoms with Crippen molar-refractivity contribution in [1.82, 2.24) is 9.88 Å². The Morgan fingerprint density at radius 1 is 1.00 bits per heavy atom. The second-order valence-corrected chi connectivity index (χ2v) is 10.4. The van der Waals surface area contributed by atoms with Crippen molar-refractivity contribution in [3.05, 3.63) is 88.4 Å². The topological polar surface area (TPSA) is 79.4 Å². The molecule has 0 saturated heterocycles. The van der Waals surface area contributed by atoms with Crippen LogP contribution in [0.5, 0.6) is 0 Å². The zero-order valence-corrected chi connectivity index (χ0v) is 19.6. The number of benzene rings is 3. The van der Waals surface area contributed by atoms with Gasteiger partial charge in [0.25, 0.3) is 15.9 Å². The molecule has 0 radical (unpaired) electrons. The second kappa shape index (κ2) is 8.72. The maximum atomic E-state index is 12.8. The standard InChI is InChI=1S/C24H23N3O3S2/c1-16-7-6-9-20(17(16)2)26-32(29,30)19-13-11-18(12-14-19)24(28)27(3)15-23-25-21-8-4-5-10-22(21)31-23/h4-14,26H,15H2,1-3H3. The predicted octanol–water partition coefficient (Wildman–Crippen LogP) is 4.99. The van der Waals surface area contributed by atoms with Crippen LogP contribution < -0.4 is 4.72 Å². The first-order chi connectivity index (χ1) is 15.2. The van der Waals surface area contributed by atoms with Gasteiger partial charge in [-0.15, -0.1) is 11.3 Å². The Hall–Kier alpha value is -3.23. The van der Waals surface area contributed by atoms with Gasteiger partial charge in [-0.2, -0.15) is 0 Å². The molecule has 164 valence electrons. The summed E-state index contributed by atoms with van der Waals surface area (Å²) in [5, 5.41) is 0.846. The summed E-state index contributed by atoms with van der Waals surface area (Å²) in [6, 6.07) is 19.3. The highest BCUT2D eigenvalue weighted by Gasteiger charge is 2.18. The summed E-state index contributed by atoms with van der Waals surface area (Å²) in [4.78, 5) is 19.1. The molecule has 0 saturated carbocycles. The molecular weight excluding hydrogens is 442 g/mol. The van der Waals surface area contributed by atoms with Gasteiger partial charge in [0.05, 0.1) is 27.3 Å². The van der Waals surface area contributed by atoms with E-state index in [2.05, 4.69) is 9.71 Å². The molecule has 32 heavy (non-hydrogen) atoms. The summed E-state index contributed by atoms with van der Waals surface area (Å²) >= 11 is 1.55. The number of nitrogens with one attached hydrogen (secondary N) is 1. The van der Waals surface area contributed by atoms with E-state index in [1.165, 1.54) is 24.3 Å². The Kier molecular flexibility index (Phi) is 5.99. The maximum absolute atomic E-state index is 12.8. The molecule has 4 rings (SSSR count). The number of thiazole rings is 1. The molecule has 0 bridgehead atoms. The summed E-state index contributed by atoms with van der Waals surface area (Å²) in [5.41, 5.74) is 3.75. The van der Waals surface area contributed by atoms with Crippen molar-refractivity contribution in [2.24, 2.45) is 0 Å². The Labute approximate surface area is 191 Å². The van der Waals surface area contributed by atoms with Gasteiger partial charge in [0, 0.05) is 12.6 Å². The van der Waals surface area contributed by atoms with Crippen LogP contribution in [0.25, 0.3) is 10.2 Å². The third-order valence-electron chi connectivity index (χ3n) is 5.32. The second-order valence-electron chi connectivity index (χ2n) is 7.61. The number of fused-ring (bicyclic) bond motifs is 1. The van der Waals surface area contributed by atoms with E-state index in [1.807, 2.05) is 50.2 Å². The zero-order valence-electron chi connectivity index (χ0n) is 18.0. The van der Waals surface area contributed by atoms with E-state index in [4.69, 9.17) is 0 Å². The summed E-state index contributed by atoms with van der Waals surface area (Å²) in [5.74, 6) is -0.198. The largest absolute Gasteiger partial charge is 0.335 e. The van der Waals surface area contributed by atoms with E-state index < -0.39 is 10.0 Å². The number of carbonyl (C=O) groups is 1. The van der Waals surface area contributed by atoms with Crippen LogP contribution in [0, 0.1) is 13.8 Å². The van der Waals surface area contributed by atoms with E-state index in [1.54, 1.807) is 29.4 Å². The maximum Gasteiger partial charge on any atom is 0.261 e. The van der Waals surface area contributed by atoms with Gasteiger partial charge in [-0.25, -0.2) is 13.4 Å². The Bertz CT molecular complexity index is 1360. The number of aromatic nitrogens is 1. The molecule has 1 amide bonds. The Morgan fingerprint density at radius 3 is 2.44 bits per heavy atom. The lowest BCUT2D eigenvalue weighted by atomic mass is 10.1. The smallest absolute Gasteiger partial charge is 0.261 e. The number of para-hydroxylation sites is 1. The number of aryl methyl sites for hydroxylation is 1. The van der Waals surface area contributed by atoms with Gasteiger partial charge in [-0.3, -0.25) is 9.52 Å². The third-order valence-corrected chi connectivity index (χ3v) is 7.72. The minimum Gasteiger partial charge on any atom is -0.335 e. The molecule has 0 fully saturated rings. The first-order valence-corrected chi connectivity index (χ1v) is 12.3. The number of anilines is 1. The quantitative estimate of drug-likeness (QED) is 0.435. The lowest BCUT2D eigenvalue weighted by molar-refractivity contribution is 0.0785. The fourth-order valence-electron chi connectivity index (χ4n) is 3.32. The van der Waals surface area contributed by atoms with Crippen LogP contribution in [0.3, 0.4) is 0 Å². The van der Waals surface area contributed by atoms with Crippen LogP contribution in [0.2, 0.25) is 0 Å². The van der Waals surface area contributed by atoms with Crippen LogP contribution in [0.4, 0.5) is 5.69 Å². The van der Waals surface area contributed by atoms with Crippen LogP contribution in [-0.4, -0.2) is 31.3 Å². The van der Waals surface area contributed by atoms with Crippen molar-refractivity contribution < 1.29 is 13.2 Å². The van der Waals surface area contributed by atoms with Gasteiger partial charge in [0.1, 0.15) is 5.01 Å². The monoisotopic (exact) mass is 465 g/mol. The van der Waals surface area contributed by atoms with Crippen molar-refractivity contribution in [1.29, 1.82) is 0 Å². The van der Waals surface area contributed by atoms with Crippen molar-refractivity contribution >= 4 is 43.2 Å². The van der Waals surface area contributed by atoms with Crippen molar-refractivity contribution in [3.8, 4) is 0 Å². The highest BCUT2D eigenvalue weighted by molar-refractivity contribution is 7.92. The lowest BCUT2D eigenvalue weighted by Crippen LogP contribution is -2.26. The van der Waals surface area contributed by atoms with E-state index in [0.29, 0.717) is 17.8 Å². The average Bonchev–Trinajstić information content (AvgIpc) is 3.18. The van der Waals surface area contributed by atoms with Crippen molar-refractivity contribution in [2.45, 2.75) is 25.3 Å². The van der Waals surface area contributed by atoms with E-state index in [0.717, 1.165) is 26.4 Å². The molecule has 0 atom stereocenters. The third kappa shape index (κ3) is 4.51. The van der Waals surface area contributed by atoms with Crippen LogP contribution in [0.15, 0.2) is 71.6 Å². The fourth-order valence-corrected chi connectivity index (χ4v) is 5.47. The molecule has 0 spiro atoms. The number of nitrogens with zero attached hydrogens (tertiary/aromatic N) is 2. The summed E-state index contributed by atoms with van der Waals surface area (Å²) < 4.78 is 29.3. The van der Waals surface area contributed by atoms with Gasteiger partial charge < -0.3 is 4.90 Å². The fraction of sp³-hybridized carbons (Fsp3) is 0.167. The van der Waals surface area contributed by atoms with Gasteiger partial charge in [-0.1, -0.05) is 24.3 Å². The number of amides is 1. The lowest BCUT2D eigenvalue weighted by Gasteiger charge is -2.16. The summed E-state index contributed by atoms with van der Waals surface area (Å²) in [6.45, 7) is 4.18. The van der Waals surface area contributed by atoms with Gasteiger partial charge >= 0.3 is 0 Å². The SMILES string of the molecule is Cc1cccc(NS(=O)(=O)c2ccc(C(=O)N(C)Cc3nc4ccccc4s3)cc2)c1C. The molecule has 1 aromatic heterocycles. The molecule has 1 N–H and O–H groups in total. The molecule has 4 aromatic rings. The highest BCUT2D eigenvalue weighted by atomic mass is 32.2. The number of hydrogen-bond acceptors (Lipinski definition) is 5. The Balaban J connectivity index is 1.48. The minimum absolute atomic E-state index is 0.101. The number of carbonyl (C=O) groups excluding carboxylic acids is 1. The molecule has 1 heterocycles. The predicted molar refractivity (Wildman–Crippen MR) is 129 cm³/mol. The molecule has 6 nitrogen and oxygen atoms in total. The van der Waals surface area contributed by atoms with E-state index in [-0.39, 0.29) is 10.8 Å². The molecule has 0 aliphatic carbocycles. The van der Waals surface area contributed by atoms with E-state index >= 15 is 0 Å². The minimum atomic E-state index is -3.76. The molecule has 0 aliphatic rings. The van der Waals surface area contributed by atoms with Gasteiger partial charge in [-0.05, 0) is 67.4 Å². The first-order valence-electron chi connectivity index (χ1n) is 10.0. The first kappa shape index (κ1) is 22.0. The normalized spacial score (nSPS) is 11.5. The average molecular weight is 466 g/mol. The zero-order chi connectivity index (χ0) is 22.9. The summed E-state index contributed by atoms with van der Waals surface area (Å²) in [7, 11) is -2.05. The van der Waals surface area contributed by atoms with Gasteiger partial charge in [0.15, 0.2) is 0 Å². The van der Waals surface area contributed by atoms with Crippen LogP contribution >= 0.6 is 11.3 Å². The molecule has 0 unspecified atom stereocenters. The van der Waals surface area contributed by atoms with E-state index in [9.17, 15) is 13.2 Å². The van der Waals surface area contributed by atoms with Crippen molar-refractivity contribution in [3.63, 3.8) is 0 Å².